The molecule has 1 amide bonds. The van der Waals surface area contributed by atoms with E-state index in [0.717, 1.165) is 23.0 Å². The summed E-state index contributed by atoms with van der Waals surface area (Å²) in [4.78, 5) is 17.3. The van der Waals surface area contributed by atoms with Crippen LogP contribution in [0.2, 0.25) is 0 Å². The molecule has 35 heavy (non-hydrogen) atoms. The Morgan fingerprint density at radius 1 is 1.06 bits per heavy atom. The summed E-state index contributed by atoms with van der Waals surface area (Å²) in [6.07, 6.45) is 0.660. The Bertz CT molecular complexity index is 1540. The summed E-state index contributed by atoms with van der Waals surface area (Å²) in [7, 11) is -2.27. The normalized spacial score (nSPS) is 12.5. The number of amides is 1. The van der Waals surface area contributed by atoms with Gasteiger partial charge in [-0.1, -0.05) is 48.6 Å². The van der Waals surface area contributed by atoms with Crippen molar-refractivity contribution in [3.63, 3.8) is 0 Å². The number of aromatic nitrogens is 1. The van der Waals surface area contributed by atoms with E-state index in [1.54, 1.807) is 4.57 Å². The van der Waals surface area contributed by atoms with Gasteiger partial charge < -0.3 is 4.57 Å². The SMILES string of the molecule is CCCn1c(=NC(=O)c2ccc(S(=O)(=O)N(C)Cc3ccccc3)cc2)sc2cc(F)cc(F)c21. The highest BCUT2D eigenvalue weighted by molar-refractivity contribution is 7.89. The summed E-state index contributed by atoms with van der Waals surface area (Å²) < 4.78 is 57.1. The van der Waals surface area contributed by atoms with E-state index in [1.807, 2.05) is 37.3 Å². The molecule has 0 spiro atoms. The first-order chi connectivity index (χ1) is 16.7. The second-order valence-corrected chi connectivity index (χ2v) is 11.0. The molecule has 4 rings (SSSR count). The molecule has 0 radical (unpaired) electrons. The lowest BCUT2D eigenvalue weighted by Crippen LogP contribution is -2.26. The molecule has 0 N–H and O–H groups in total. The van der Waals surface area contributed by atoms with Crippen LogP contribution in [0.3, 0.4) is 0 Å². The van der Waals surface area contributed by atoms with E-state index in [9.17, 15) is 22.0 Å². The van der Waals surface area contributed by atoms with Gasteiger partial charge in [-0.05, 0) is 42.3 Å². The molecule has 0 aliphatic heterocycles. The first-order valence-electron chi connectivity index (χ1n) is 10.9. The predicted molar refractivity (Wildman–Crippen MR) is 131 cm³/mol. The Morgan fingerprint density at radius 3 is 2.40 bits per heavy atom. The van der Waals surface area contributed by atoms with Crippen LogP contribution in [0.1, 0.15) is 29.3 Å². The molecular weight excluding hydrogens is 492 g/mol. The number of rotatable bonds is 7. The van der Waals surface area contributed by atoms with Gasteiger partial charge in [0.25, 0.3) is 5.91 Å². The van der Waals surface area contributed by atoms with E-state index < -0.39 is 27.6 Å². The minimum Gasteiger partial charge on any atom is -0.314 e. The first-order valence-corrected chi connectivity index (χ1v) is 13.1. The van der Waals surface area contributed by atoms with Gasteiger partial charge >= 0.3 is 0 Å². The average Bonchev–Trinajstić information content (AvgIpc) is 3.16. The lowest BCUT2D eigenvalue weighted by atomic mass is 10.2. The number of aryl methyl sites for hydroxylation is 1. The number of carbonyl (C=O) groups excluding carboxylic acids is 1. The zero-order chi connectivity index (χ0) is 25.2. The molecule has 0 atom stereocenters. The fourth-order valence-electron chi connectivity index (χ4n) is 3.67. The molecular formula is C25H23F2N3O3S2. The van der Waals surface area contributed by atoms with Crippen molar-refractivity contribution in [2.75, 3.05) is 7.05 Å². The second kappa shape index (κ2) is 10.2. The molecule has 0 aliphatic carbocycles. The van der Waals surface area contributed by atoms with Crippen molar-refractivity contribution in [1.29, 1.82) is 0 Å². The van der Waals surface area contributed by atoms with Crippen LogP contribution in [-0.2, 0) is 23.1 Å². The minimum absolute atomic E-state index is 0.0490. The highest BCUT2D eigenvalue weighted by atomic mass is 32.2. The molecule has 4 aromatic rings. The number of fused-ring (bicyclic) bond motifs is 1. The summed E-state index contributed by atoms with van der Waals surface area (Å²) in [5, 5.41) is 0. The molecule has 1 aromatic heterocycles. The van der Waals surface area contributed by atoms with Gasteiger partial charge in [-0.15, -0.1) is 0 Å². The summed E-state index contributed by atoms with van der Waals surface area (Å²) in [6.45, 7) is 2.51. The van der Waals surface area contributed by atoms with Gasteiger partial charge in [0.1, 0.15) is 5.82 Å². The van der Waals surface area contributed by atoms with E-state index in [1.165, 1.54) is 41.7 Å². The van der Waals surface area contributed by atoms with Crippen LogP contribution in [-0.4, -0.2) is 30.2 Å². The van der Waals surface area contributed by atoms with Crippen molar-refractivity contribution in [3.05, 3.63) is 94.3 Å². The highest BCUT2D eigenvalue weighted by Gasteiger charge is 2.21. The average molecular weight is 516 g/mol. The third-order valence-electron chi connectivity index (χ3n) is 5.40. The van der Waals surface area contributed by atoms with Crippen LogP contribution in [0.25, 0.3) is 10.2 Å². The summed E-state index contributed by atoms with van der Waals surface area (Å²) >= 11 is 1.02. The van der Waals surface area contributed by atoms with Crippen molar-refractivity contribution in [2.45, 2.75) is 31.3 Å². The molecule has 0 unspecified atom stereocenters. The number of carbonyl (C=O) groups is 1. The summed E-state index contributed by atoms with van der Waals surface area (Å²) in [5.41, 5.74) is 1.23. The van der Waals surface area contributed by atoms with Gasteiger partial charge in [-0.2, -0.15) is 9.30 Å². The molecule has 10 heteroatoms. The van der Waals surface area contributed by atoms with Crippen molar-refractivity contribution in [2.24, 2.45) is 4.99 Å². The molecule has 0 bridgehead atoms. The van der Waals surface area contributed by atoms with E-state index >= 15 is 0 Å². The topological polar surface area (TPSA) is 71.7 Å². The van der Waals surface area contributed by atoms with Gasteiger partial charge in [0.2, 0.25) is 10.0 Å². The van der Waals surface area contributed by atoms with Gasteiger partial charge in [-0.3, -0.25) is 4.79 Å². The third-order valence-corrected chi connectivity index (χ3v) is 8.24. The Labute approximate surface area is 205 Å². The molecule has 0 fully saturated rings. The lowest BCUT2D eigenvalue weighted by molar-refractivity contribution is 0.0997. The van der Waals surface area contributed by atoms with Crippen LogP contribution < -0.4 is 4.80 Å². The second-order valence-electron chi connectivity index (χ2n) is 7.96. The summed E-state index contributed by atoms with van der Waals surface area (Å²) in [5.74, 6) is -2.02. The minimum atomic E-state index is -3.77. The van der Waals surface area contributed by atoms with Crippen LogP contribution in [0.4, 0.5) is 8.78 Å². The van der Waals surface area contributed by atoms with Crippen molar-refractivity contribution < 1.29 is 22.0 Å². The monoisotopic (exact) mass is 515 g/mol. The fourth-order valence-corrected chi connectivity index (χ4v) is 5.92. The molecule has 182 valence electrons. The van der Waals surface area contributed by atoms with E-state index in [-0.39, 0.29) is 27.3 Å². The Kier molecular flexibility index (Phi) is 7.25. The Hall–Kier alpha value is -3.21. The number of nitrogens with zero attached hydrogens (tertiary/aromatic N) is 3. The number of thiazole rings is 1. The number of sulfonamides is 1. The standard InChI is InChI=1S/C25H23F2N3O3S2/c1-3-13-30-23-21(27)14-19(26)15-22(23)34-25(30)28-24(31)18-9-11-20(12-10-18)35(32,33)29(2)16-17-7-5-4-6-8-17/h4-12,14-15H,3,13,16H2,1-2H3. The number of hydrogen-bond acceptors (Lipinski definition) is 4. The van der Waals surface area contributed by atoms with E-state index in [2.05, 4.69) is 4.99 Å². The quantitative estimate of drug-likeness (QED) is 0.350. The van der Waals surface area contributed by atoms with E-state index in [4.69, 9.17) is 0 Å². The van der Waals surface area contributed by atoms with Gasteiger partial charge in [0.15, 0.2) is 10.6 Å². The van der Waals surface area contributed by atoms with Crippen LogP contribution in [0.15, 0.2) is 76.6 Å². The van der Waals surface area contributed by atoms with Crippen LogP contribution in [0.5, 0.6) is 0 Å². The van der Waals surface area contributed by atoms with Crippen molar-refractivity contribution in [3.8, 4) is 0 Å². The highest BCUT2D eigenvalue weighted by Crippen LogP contribution is 2.23. The zero-order valence-electron chi connectivity index (χ0n) is 19.1. The maximum Gasteiger partial charge on any atom is 0.279 e. The first kappa shape index (κ1) is 24.9. The smallest absolute Gasteiger partial charge is 0.279 e. The van der Waals surface area contributed by atoms with E-state index in [0.29, 0.717) is 17.7 Å². The maximum absolute atomic E-state index is 14.4. The fraction of sp³-hybridized carbons (Fsp3) is 0.200. The van der Waals surface area contributed by atoms with Gasteiger partial charge in [0.05, 0.1) is 15.1 Å². The number of halogens is 2. The molecule has 0 saturated carbocycles. The summed E-state index contributed by atoms with van der Waals surface area (Å²) in [6, 6.07) is 16.7. The Morgan fingerprint density at radius 2 is 1.74 bits per heavy atom. The van der Waals surface area contributed by atoms with Gasteiger partial charge in [-0.25, -0.2) is 17.2 Å². The lowest BCUT2D eigenvalue weighted by Gasteiger charge is -2.17. The van der Waals surface area contributed by atoms with Crippen molar-refractivity contribution in [1.82, 2.24) is 8.87 Å². The maximum atomic E-state index is 14.4. The molecule has 0 aliphatic rings. The van der Waals surface area contributed by atoms with Crippen LogP contribution in [0, 0.1) is 11.6 Å². The molecule has 3 aromatic carbocycles. The number of benzene rings is 3. The third kappa shape index (κ3) is 5.24. The molecule has 1 heterocycles. The van der Waals surface area contributed by atoms with Crippen LogP contribution >= 0.6 is 11.3 Å². The zero-order valence-corrected chi connectivity index (χ0v) is 20.7. The van der Waals surface area contributed by atoms with Crippen molar-refractivity contribution >= 4 is 37.5 Å². The predicted octanol–water partition coefficient (Wildman–Crippen LogP) is 4.95. The molecule has 0 saturated heterocycles. The Balaban J connectivity index is 1.63. The number of hydrogen-bond donors (Lipinski definition) is 0. The molecule has 6 nitrogen and oxygen atoms in total. The van der Waals surface area contributed by atoms with Gasteiger partial charge in [0, 0.05) is 31.8 Å². The largest absolute Gasteiger partial charge is 0.314 e.